The van der Waals surface area contributed by atoms with Crippen LogP contribution in [0, 0.1) is 0 Å². The fourth-order valence-corrected chi connectivity index (χ4v) is 3.14. The Hall–Kier alpha value is -1.85. The Morgan fingerprint density at radius 2 is 2.26 bits per heavy atom. The first-order chi connectivity index (χ1) is 11.1. The lowest BCUT2D eigenvalue weighted by atomic mass is 10.1. The van der Waals surface area contributed by atoms with Gasteiger partial charge in [0.25, 0.3) is 5.56 Å². The zero-order valence-electron chi connectivity index (χ0n) is 13.1. The van der Waals surface area contributed by atoms with Crippen LogP contribution in [0.15, 0.2) is 23.0 Å². The van der Waals surface area contributed by atoms with Crippen molar-refractivity contribution >= 4 is 11.6 Å². The molecular formula is C17H20ClN3O2. The Morgan fingerprint density at radius 1 is 1.43 bits per heavy atom. The van der Waals surface area contributed by atoms with Crippen molar-refractivity contribution in [2.75, 3.05) is 6.54 Å². The first-order valence-corrected chi connectivity index (χ1v) is 8.26. The van der Waals surface area contributed by atoms with E-state index in [4.69, 9.17) is 11.6 Å². The van der Waals surface area contributed by atoms with E-state index in [2.05, 4.69) is 21.8 Å². The van der Waals surface area contributed by atoms with E-state index in [1.54, 1.807) is 12.1 Å². The molecule has 1 aromatic carbocycles. The minimum absolute atomic E-state index is 0.0369. The topological polar surface area (TPSA) is 69.2 Å². The van der Waals surface area contributed by atoms with E-state index in [0.717, 1.165) is 48.5 Å². The number of rotatable bonds is 4. The number of nitrogens with zero attached hydrogens (tertiary/aromatic N) is 2. The number of benzene rings is 1. The summed E-state index contributed by atoms with van der Waals surface area (Å²) in [6.07, 6.45) is 2.52. The van der Waals surface area contributed by atoms with E-state index in [1.165, 1.54) is 0 Å². The van der Waals surface area contributed by atoms with Crippen LogP contribution in [-0.4, -0.2) is 26.5 Å². The van der Waals surface area contributed by atoms with Crippen LogP contribution in [0.5, 0.6) is 5.75 Å². The van der Waals surface area contributed by atoms with E-state index in [9.17, 15) is 9.90 Å². The summed E-state index contributed by atoms with van der Waals surface area (Å²) in [6.45, 7) is 4.04. The number of aromatic nitrogens is 2. The van der Waals surface area contributed by atoms with E-state index < -0.39 is 0 Å². The van der Waals surface area contributed by atoms with Crippen molar-refractivity contribution in [3.63, 3.8) is 0 Å². The molecule has 2 aromatic rings. The van der Waals surface area contributed by atoms with E-state index >= 15 is 0 Å². The van der Waals surface area contributed by atoms with Crippen molar-refractivity contribution in [3.05, 3.63) is 56.2 Å². The third-order valence-electron chi connectivity index (χ3n) is 4.14. The second-order valence-electron chi connectivity index (χ2n) is 5.90. The molecule has 0 atom stereocenters. The summed E-state index contributed by atoms with van der Waals surface area (Å²) in [5.41, 5.74) is 2.48. The van der Waals surface area contributed by atoms with Crippen molar-refractivity contribution in [3.8, 4) is 5.75 Å². The third kappa shape index (κ3) is 3.41. The molecule has 0 unspecified atom stereocenters. The molecule has 0 fully saturated rings. The lowest BCUT2D eigenvalue weighted by Gasteiger charge is -2.28. The van der Waals surface area contributed by atoms with Gasteiger partial charge >= 0.3 is 0 Å². The first-order valence-electron chi connectivity index (χ1n) is 7.88. The SMILES string of the molecule is CCCc1nc2c(c(=O)[nH]1)CN(Cc1cccc(O)c1Cl)CC2. The predicted octanol–water partition coefficient (Wildman–Crippen LogP) is 2.64. The zero-order valence-corrected chi connectivity index (χ0v) is 13.9. The second kappa shape index (κ2) is 6.72. The summed E-state index contributed by atoms with van der Waals surface area (Å²) in [4.78, 5) is 21.9. The lowest BCUT2D eigenvalue weighted by Crippen LogP contribution is -2.35. The predicted molar refractivity (Wildman–Crippen MR) is 89.8 cm³/mol. The van der Waals surface area contributed by atoms with Gasteiger partial charge in [0, 0.05) is 32.5 Å². The summed E-state index contributed by atoms with van der Waals surface area (Å²) in [7, 11) is 0. The maximum Gasteiger partial charge on any atom is 0.255 e. The van der Waals surface area contributed by atoms with Crippen LogP contribution in [-0.2, 0) is 25.9 Å². The van der Waals surface area contributed by atoms with E-state index in [1.807, 2.05) is 6.07 Å². The monoisotopic (exact) mass is 333 g/mol. The van der Waals surface area contributed by atoms with Gasteiger partial charge in [-0.3, -0.25) is 9.69 Å². The molecule has 2 N–H and O–H groups in total. The fraction of sp³-hybridized carbons (Fsp3) is 0.412. The number of aromatic hydroxyl groups is 1. The molecule has 5 nitrogen and oxygen atoms in total. The normalized spacial score (nSPS) is 14.7. The van der Waals surface area contributed by atoms with Crippen LogP contribution in [0.1, 0.15) is 36.0 Å². The number of nitrogens with one attached hydrogen (secondary N) is 1. The van der Waals surface area contributed by atoms with Crippen LogP contribution >= 0.6 is 11.6 Å². The van der Waals surface area contributed by atoms with Crippen LogP contribution in [0.3, 0.4) is 0 Å². The highest BCUT2D eigenvalue weighted by molar-refractivity contribution is 6.32. The van der Waals surface area contributed by atoms with Crippen LogP contribution in [0.4, 0.5) is 0 Å². The summed E-state index contributed by atoms with van der Waals surface area (Å²) < 4.78 is 0. The number of H-pyrrole nitrogens is 1. The average molecular weight is 334 g/mol. The van der Waals surface area contributed by atoms with E-state index in [0.29, 0.717) is 18.1 Å². The van der Waals surface area contributed by atoms with Crippen molar-refractivity contribution in [1.82, 2.24) is 14.9 Å². The Morgan fingerprint density at radius 3 is 3.04 bits per heavy atom. The highest BCUT2D eigenvalue weighted by Crippen LogP contribution is 2.28. The number of phenolic OH excluding ortho intramolecular Hbond substituents is 1. The molecule has 0 bridgehead atoms. The van der Waals surface area contributed by atoms with Gasteiger partial charge in [0.1, 0.15) is 11.6 Å². The summed E-state index contributed by atoms with van der Waals surface area (Å²) in [6, 6.07) is 5.24. The standard InChI is InChI=1S/C17H20ClN3O2/c1-2-4-15-19-13-7-8-21(10-12(13)17(23)20-15)9-11-5-3-6-14(22)16(11)18/h3,5-6,22H,2,4,7-10H2,1H3,(H,19,20,23). The molecule has 3 rings (SSSR count). The second-order valence-corrected chi connectivity index (χ2v) is 6.28. The number of fused-ring (bicyclic) bond motifs is 1. The van der Waals surface area contributed by atoms with Crippen molar-refractivity contribution in [1.29, 1.82) is 0 Å². The summed E-state index contributed by atoms with van der Waals surface area (Å²) >= 11 is 6.14. The highest BCUT2D eigenvalue weighted by atomic mass is 35.5. The quantitative estimate of drug-likeness (QED) is 0.902. The van der Waals surface area contributed by atoms with Crippen LogP contribution in [0.25, 0.3) is 0 Å². The fourth-order valence-electron chi connectivity index (χ4n) is 2.95. The van der Waals surface area contributed by atoms with Gasteiger partial charge in [0.15, 0.2) is 0 Å². The smallest absolute Gasteiger partial charge is 0.255 e. The van der Waals surface area contributed by atoms with Gasteiger partial charge in [-0.05, 0) is 18.1 Å². The van der Waals surface area contributed by atoms with Crippen molar-refractivity contribution in [2.45, 2.75) is 39.3 Å². The largest absolute Gasteiger partial charge is 0.506 e. The molecule has 1 aromatic heterocycles. The van der Waals surface area contributed by atoms with Gasteiger partial charge in [0.2, 0.25) is 0 Å². The molecule has 0 amide bonds. The molecule has 0 radical (unpaired) electrons. The number of aryl methyl sites for hydroxylation is 1. The molecule has 0 aliphatic carbocycles. The Kier molecular flexibility index (Phi) is 4.68. The number of aromatic amines is 1. The maximum absolute atomic E-state index is 12.3. The Labute approximate surface area is 139 Å². The summed E-state index contributed by atoms with van der Waals surface area (Å²) in [5.74, 6) is 0.867. The van der Waals surface area contributed by atoms with Gasteiger partial charge < -0.3 is 10.1 Å². The lowest BCUT2D eigenvalue weighted by molar-refractivity contribution is 0.241. The number of hydrogen-bond acceptors (Lipinski definition) is 4. The molecule has 122 valence electrons. The average Bonchev–Trinajstić information content (AvgIpc) is 2.53. The zero-order chi connectivity index (χ0) is 16.4. The van der Waals surface area contributed by atoms with Gasteiger partial charge in [-0.15, -0.1) is 0 Å². The van der Waals surface area contributed by atoms with E-state index in [-0.39, 0.29) is 11.3 Å². The van der Waals surface area contributed by atoms with Crippen molar-refractivity contribution in [2.24, 2.45) is 0 Å². The maximum atomic E-state index is 12.3. The van der Waals surface area contributed by atoms with Gasteiger partial charge in [0.05, 0.1) is 16.3 Å². The Balaban J connectivity index is 1.80. The molecule has 6 heteroatoms. The Bertz CT molecular complexity index is 773. The minimum atomic E-state index is -0.0369. The molecule has 1 aliphatic heterocycles. The molecule has 1 aliphatic rings. The van der Waals surface area contributed by atoms with Gasteiger partial charge in [-0.1, -0.05) is 30.7 Å². The van der Waals surface area contributed by atoms with Crippen LogP contribution < -0.4 is 5.56 Å². The first kappa shape index (κ1) is 16.0. The molecule has 2 heterocycles. The molecule has 23 heavy (non-hydrogen) atoms. The number of halogens is 1. The summed E-state index contributed by atoms with van der Waals surface area (Å²) in [5, 5.41) is 10.1. The van der Waals surface area contributed by atoms with Crippen molar-refractivity contribution < 1.29 is 5.11 Å². The number of hydrogen-bond donors (Lipinski definition) is 2. The van der Waals surface area contributed by atoms with Gasteiger partial charge in [-0.2, -0.15) is 0 Å². The number of phenols is 1. The molecule has 0 spiro atoms. The molecular weight excluding hydrogens is 314 g/mol. The molecule has 0 saturated carbocycles. The van der Waals surface area contributed by atoms with Gasteiger partial charge in [-0.25, -0.2) is 4.98 Å². The highest BCUT2D eigenvalue weighted by Gasteiger charge is 2.22. The van der Waals surface area contributed by atoms with Crippen LogP contribution in [0.2, 0.25) is 5.02 Å². The molecule has 0 saturated heterocycles. The minimum Gasteiger partial charge on any atom is -0.506 e. The third-order valence-corrected chi connectivity index (χ3v) is 4.57.